The number of aromatic nitrogens is 4. The fourth-order valence-electron chi connectivity index (χ4n) is 3.33. The van der Waals surface area contributed by atoms with E-state index in [9.17, 15) is 4.79 Å². The Hall–Kier alpha value is -3.32. The lowest BCUT2D eigenvalue weighted by Crippen LogP contribution is -2.15. The average Bonchev–Trinajstić information content (AvgIpc) is 3.35. The van der Waals surface area contributed by atoms with Crippen molar-refractivity contribution in [2.45, 2.75) is 25.4 Å². The molecule has 1 N–H and O–H groups in total. The first-order valence-corrected chi connectivity index (χ1v) is 11.1. The lowest BCUT2D eigenvalue weighted by atomic mass is 10.2. The minimum atomic E-state index is -0.0678. The van der Waals surface area contributed by atoms with Crippen LogP contribution >= 0.6 is 11.8 Å². The van der Waals surface area contributed by atoms with Crippen molar-refractivity contribution in [3.05, 3.63) is 89.5 Å². The molecule has 0 aliphatic heterocycles. The van der Waals surface area contributed by atoms with E-state index in [1.807, 2.05) is 55.1 Å². The normalized spacial score (nSPS) is 10.9. The molecular formula is C24H25N5OS. The summed E-state index contributed by atoms with van der Waals surface area (Å²) in [5, 5.41) is 12.5. The summed E-state index contributed by atoms with van der Waals surface area (Å²) in [4.78, 5) is 12.5. The Bertz CT molecular complexity index is 1190. The van der Waals surface area contributed by atoms with Gasteiger partial charge in [0.05, 0.1) is 5.75 Å². The van der Waals surface area contributed by atoms with Gasteiger partial charge in [-0.2, -0.15) is 0 Å². The second-order valence-electron chi connectivity index (χ2n) is 7.51. The van der Waals surface area contributed by atoms with E-state index in [-0.39, 0.29) is 11.7 Å². The Labute approximate surface area is 186 Å². The van der Waals surface area contributed by atoms with Crippen LogP contribution in [0.5, 0.6) is 0 Å². The highest BCUT2D eigenvalue weighted by atomic mass is 32.2. The van der Waals surface area contributed by atoms with Gasteiger partial charge < -0.3 is 9.88 Å². The summed E-state index contributed by atoms with van der Waals surface area (Å²) in [5.74, 6) is 1.02. The maximum atomic E-state index is 12.5. The number of nitrogens with one attached hydrogen (secondary N) is 1. The number of amides is 1. The van der Waals surface area contributed by atoms with Crippen LogP contribution in [-0.4, -0.2) is 31.0 Å². The van der Waals surface area contributed by atoms with Crippen molar-refractivity contribution >= 4 is 23.4 Å². The smallest absolute Gasteiger partial charge is 0.234 e. The maximum Gasteiger partial charge on any atom is 0.234 e. The maximum absolute atomic E-state index is 12.5. The lowest BCUT2D eigenvalue weighted by molar-refractivity contribution is -0.113. The third-order valence-corrected chi connectivity index (χ3v) is 6.06. The summed E-state index contributed by atoms with van der Waals surface area (Å²) in [6.45, 7) is 4.04. The molecule has 0 fully saturated rings. The monoisotopic (exact) mass is 431 g/mol. The van der Waals surface area contributed by atoms with E-state index in [1.165, 1.54) is 17.3 Å². The molecule has 4 aromatic rings. The Morgan fingerprint density at radius 3 is 2.48 bits per heavy atom. The van der Waals surface area contributed by atoms with Crippen molar-refractivity contribution < 1.29 is 4.79 Å². The van der Waals surface area contributed by atoms with Crippen molar-refractivity contribution in [1.82, 2.24) is 19.3 Å². The minimum Gasteiger partial charge on any atom is -0.354 e. The molecule has 0 saturated carbocycles. The van der Waals surface area contributed by atoms with Gasteiger partial charge in [-0.15, -0.1) is 10.2 Å². The van der Waals surface area contributed by atoms with Crippen LogP contribution in [0.3, 0.4) is 0 Å². The number of carbonyl (C=O) groups is 1. The van der Waals surface area contributed by atoms with Crippen LogP contribution < -0.4 is 5.32 Å². The second-order valence-corrected chi connectivity index (χ2v) is 8.45. The molecule has 158 valence electrons. The number of hydrogen-bond donors (Lipinski definition) is 1. The quantitative estimate of drug-likeness (QED) is 0.436. The van der Waals surface area contributed by atoms with Crippen molar-refractivity contribution in [1.29, 1.82) is 0 Å². The molecule has 0 saturated heterocycles. The molecule has 0 unspecified atom stereocenters. The van der Waals surface area contributed by atoms with Crippen LogP contribution in [0.4, 0.5) is 5.69 Å². The molecule has 0 bridgehead atoms. The molecule has 2 aromatic carbocycles. The van der Waals surface area contributed by atoms with E-state index in [0.29, 0.717) is 11.6 Å². The average molecular weight is 432 g/mol. The topological polar surface area (TPSA) is 64.7 Å². The van der Waals surface area contributed by atoms with Gasteiger partial charge in [-0.1, -0.05) is 47.7 Å². The van der Waals surface area contributed by atoms with Gasteiger partial charge in [-0.25, -0.2) is 0 Å². The molecule has 0 radical (unpaired) electrons. The molecule has 2 heterocycles. The first-order chi connectivity index (χ1) is 15.0. The molecule has 7 heteroatoms. The fraction of sp³-hybridized carbons (Fsp3) is 0.208. The largest absolute Gasteiger partial charge is 0.354 e. The predicted octanol–water partition coefficient (Wildman–Crippen LogP) is 4.54. The van der Waals surface area contributed by atoms with E-state index in [1.54, 1.807) is 0 Å². The molecule has 4 rings (SSSR count). The third kappa shape index (κ3) is 4.88. The number of rotatable bonds is 7. The number of para-hydroxylation sites is 1. The Kier molecular flexibility index (Phi) is 6.23. The number of benzene rings is 2. The van der Waals surface area contributed by atoms with Crippen LogP contribution in [0.15, 0.2) is 72.0 Å². The van der Waals surface area contributed by atoms with Crippen molar-refractivity contribution in [2.24, 2.45) is 7.05 Å². The number of carbonyl (C=O) groups excluding carboxylic acids is 1. The van der Waals surface area contributed by atoms with E-state index >= 15 is 0 Å². The molecule has 0 atom stereocenters. The second kappa shape index (κ2) is 9.22. The standard InChI is InChI=1S/C24H25N5OS/c1-17-10-12-19(13-11-17)29-22(15-20-8-6-14-28(20)3)26-27-24(29)31-16-23(30)25-21-9-5-4-7-18(21)2/h4-14H,15-16H2,1-3H3,(H,25,30). The van der Waals surface area contributed by atoms with Crippen LogP contribution in [-0.2, 0) is 18.3 Å². The van der Waals surface area contributed by atoms with Gasteiger partial charge in [0.25, 0.3) is 0 Å². The number of thioether (sulfide) groups is 1. The number of aryl methyl sites for hydroxylation is 3. The first-order valence-electron chi connectivity index (χ1n) is 10.1. The summed E-state index contributed by atoms with van der Waals surface area (Å²) < 4.78 is 4.12. The molecule has 0 aliphatic carbocycles. The summed E-state index contributed by atoms with van der Waals surface area (Å²) in [7, 11) is 2.02. The van der Waals surface area contributed by atoms with Crippen molar-refractivity contribution in [2.75, 3.05) is 11.1 Å². The highest BCUT2D eigenvalue weighted by Gasteiger charge is 2.17. The van der Waals surface area contributed by atoms with Gasteiger partial charge in [0, 0.05) is 36.7 Å². The number of hydrogen-bond acceptors (Lipinski definition) is 4. The molecular weight excluding hydrogens is 406 g/mol. The van der Waals surface area contributed by atoms with E-state index in [2.05, 4.69) is 57.3 Å². The van der Waals surface area contributed by atoms with Crippen LogP contribution in [0.2, 0.25) is 0 Å². The number of nitrogens with zero attached hydrogens (tertiary/aromatic N) is 4. The highest BCUT2D eigenvalue weighted by molar-refractivity contribution is 7.99. The zero-order valence-corrected chi connectivity index (χ0v) is 18.7. The Balaban J connectivity index is 1.56. The molecule has 31 heavy (non-hydrogen) atoms. The van der Waals surface area contributed by atoms with Gasteiger partial charge in [0.2, 0.25) is 5.91 Å². The SMILES string of the molecule is Cc1ccc(-n2c(Cc3cccn3C)nnc2SCC(=O)Nc2ccccc2C)cc1. The van der Waals surface area contributed by atoms with E-state index < -0.39 is 0 Å². The molecule has 0 aliphatic rings. The van der Waals surface area contributed by atoms with Gasteiger partial charge in [0.1, 0.15) is 5.82 Å². The van der Waals surface area contributed by atoms with E-state index in [4.69, 9.17) is 0 Å². The van der Waals surface area contributed by atoms with Gasteiger partial charge in [0.15, 0.2) is 5.16 Å². The Morgan fingerprint density at radius 1 is 1.00 bits per heavy atom. The van der Waals surface area contributed by atoms with Crippen LogP contribution in [0.25, 0.3) is 5.69 Å². The molecule has 0 spiro atoms. The minimum absolute atomic E-state index is 0.0678. The third-order valence-electron chi connectivity index (χ3n) is 5.13. The highest BCUT2D eigenvalue weighted by Crippen LogP contribution is 2.24. The zero-order valence-electron chi connectivity index (χ0n) is 17.9. The van der Waals surface area contributed by atoms with Gasteiger partial charge in [-0.3, -0.25) is 9.36 Å². The zero-order chi connectivity index (χ0) is 21.8. The Morgan fingerprint density at radius 2 is 1.77 bits per heavy atom. The fourth-order valence-corrected chi connectivity index (χ4v) is 4.10. The molecule has 6 nitrogen and oxygen atoms in total. The summed E-state index contributed by atoms with van der Waals surface area (Å²) >= 11 is 1.39. The summed E-state index contributed by atoms with van der Waals surface area (Å²) in [6, 6.07) is 20.1. The van der Waals surface area contributed by atoms with E-state index in [0.717, 1.165) is 28.5 Å². The van der Waals surface area contributed by atoms with Gasteiger partial charge in [-0.05, 0) is 49.7 Å². The summed E-state index contributed by atoms with van der Waals surface area (Å²) in [5.41, 5.74) is 5.19. The number of anilines is 1. The van der Waals surface area contributed by atoms with Crippen molar-refractivity contribution in [3.8, 4) is 5.69 Å². The van der Waals surface area contributed by atoms with Gasteiger partial charge >= 0.3 is 0 Å². The van der Waals surface area contributed by atoms with Crippen LogP contribution in [0.1, 0.15) is 22.6 Å². The molecule has 1 amide bonds. The predicted molar refractivity (Wildman–Crippen MR) is 125 cm³/mol. The summed E-state index contributed by atoms with van der Waals surface area (Å²) in [6.07, 6.45) is 2.67. The first kappa shape index (κ1) is 20.9. The van der Waals surface area contributed by atoms with Crippen LogP contribution in [0, 0.1) is 13.8 Å². The van der Waals surface area contributed by atoms with Crippen molar-refractivity contribution in [3.63, 3.8) is 0 Å². The molecule has 2 aromatic heterocycles. The lowest BCUT2D eigenvalue weighted by Gasteiger charge is -2.12.